The molecule has 0 spiro atoms. The first-order chi connectivity index (χ1) is 30.3. The lowest BCUT2D eigenvalue weighted by atomic mass is 9.82. The molecule has 9 aromatic rings. The Morgan fingerprint density at radius 2 is 1.24 bits per heavy atom. The smallest absolute Gasteiger partial charge is 0.159 e. The highest BCUT2D eigenvalue weighted by Gasteiger charge is 2.36. The van der Waals surface area contributed by atoms with E-state index in [0.717, 1.165) is 95.0 Å². The van der Waals surface area contributed by atoms with Crippen LogP contribution in [0.5, 0.6) is 11.5 Å². The molecule has 11 rings (SSSR count). The predicted octanol–water partition coefficient (Wildman–Crippen LogP) is 16.6. The number of allylic oxidation sites excluding steroid dienone is 5. The van der Waals surface area contributed by atoms with Crippen molar-refractivity contribution in [3.63, 3.8) is 0 Å². The Bertz CT molecular complexity index is 3370. The number of anilines is 5. The van der Waals surface area contributed by atoms with Gasteiger partial charge in [-0.3, -0.25) is 0 Å². The average Bonchev–Trinajstić information content (AvgIpc) is 3.80. The number of para-hydroxylation sites is 3. The number of benzene rings is 8. The highest BCUT2D eigenvalue weighted by molar-refractivity contribution is 6.12. The van der Waals surface area contributed by atoms with Gasteiger partial charge in [0.2, 0.25) is 0 Å². The fourth-order valence-electron chi connectivity index (χ4n) is 9.63. The van der Waals surface area contributed by atoms with Gasteiger partial charge in [-0.05, 0) is 108 Å². The van der Waals surface area contributed by atoms with Crippen molar-refractivity contribution in [3.8, 4) is 33.8 Å². The number of nitrogens with zero attached hydrogens (tertiary/aromatic N) is 2. The number of ether oxygens (including phenoxy) is 1. The molecule has 0 saturated carbocycles. The molecule has 0 N–H and O–H groups in total. The number of hydrogen-bond acceptors (Lipinski definition) is 4. The van der Waals surface area contributed by atoms with Crippen LogP contribution in [-0.4, -0.2) is 0 Å². The third-order valence-corrected chi connectivity index (χ3v) is 12.7. The van der Waals surface area contributed by atoms with E-state index in [4.69, 9.17) is 9.15 Å². The minimum Gasteiger partial charge on any atom is -0.456 e. The molecule has 4 heteroatoms. The lowest BCUT2D eigenvalue weighted by Gasteiger charge is -2.31. The summed E-state index contributed by atoms with van der Waals surface area (Å²) in [6.45, 7) is 15.0. The molecule has 1 aliphatic carbocycles. The highest BCUT2D eigenvalue weighted by Crippen LogP contribution is 2.54. The fourth-order valence-corrected chi connectivity index (χ4v) is 9.63. The summed E-state index contributed by atoms with van der Waals surface area (Å²) in [5, 5.41) is 4.32. The van der Waals surface area contributed by atoms with Crippen LogP contribution in [0.4, 0.5) is 28.4 Å². The molecule has 0 fully saturated rings. The van der Waals surface area contributed by atoms with Crippen LogP contribution in [-0.2, 0) is 5.41 Å². The van der Waals surface area contributed by atoms with Crippen LogP contribution in [0, 0.1) is 0 Å². The Labute approximate surface area is 362 Å². The van der Waals surface area contributed by atoms with Gasteiger partial charge >= 0.3 is 0 Å². The van der Waals surface area contributed by atoms with Crippen LogP contribution in [0.15, 0.2) is 217 Å². The monoisotopic (exact) mass is 800 g/mol. The topological polar surface area (TPSA) is 28.9 Å². The highest BCUT2D eigenvalue weighted by atomic mass is 16.5. The summed E-state index contributed by atoms with van der Waals surface area (Å²) in [5.41, 5.74) is 16.0. The number of fused-ring (bicyclic) bond motifs is 8. The van der Waals surface area contributed by atoms with Crippen LogP contribution < -0.4 is 14.5 Å². The molecular formula is C58H44N2O2. The molecule has 2 heterocycles. The largest absolute Gasteiger partial charge is 0.456 e. The lowest BCUT2D eigenvalue weighted by molar-refractivity contribution is 0.487. The van der Waals surface area contributed by atoms with Crippen molar-refractivity contribution in [3.05, 3.63) is 224 Å². The zero-order valence-electron chi connectivity index (χ0n) is 35.0. The minimum atomic E-state index is -0.127. The number of rotatable bonds is 9. The molecule has 62 heavy (non-hydrogen) atoms. The van der Waals surface area contributed by atoms with E-state index in [1.165, 1.54) is 22.3 Å². The Morgan fingerprint density at radius 3 is 2.10 bits per heavy atom. The summed E-state index contributed by atoms with van der Waals surface area (Å²) in [5.74, 6) is 1.59. The molecule has 0 unspecified atom stereocenters. The third kappa shape index (κ3) is 5.75. The maximum absolute atomic E-state index is 6.97. The maximum atomic E-state index is 6.97. The first kappa shape index (κ1) is 37.2. The van der Waals surface area contributed by atoms with Crippen molar-refractivity contribution in [1.29, 1.82) is 0 Å². The second-order valence-electron chi connectivity index (χ2n) is 16.7. The van der Waals surface area contributed by atoms with Crippen molar-refractivity contribution in [2.24, 2.45) is 0 Å². The molecule has 8 aromatic carbocycles. The van der Waals surface area contributed by atoms with Crippen molar-refractivity contribution >= 4 is 61.1 Å². The molecule has 298 valence electrons. The van der Waals surface area contributed by atoms with Gasteiger partial charge in [0.25, 0.3) is 0 Å². The van der Waals surface area contributed by atoms with Crippen LogP contribution in [0.25, 0.3) is 55.0 Å². The van der Waals surface area contributed by atoms with E-state index >= 15 is 0 Å². The van der Waals surface area contributed by atoms with Gasteiger partial charge in [-0.25, -0.2) is 0 Å². The Hall–Kier alpha value is -7.82. The summed E-state index contributed by atoms with van der Waals surface area (Å²) >= 11 is 0. The van der Waals surface area contributed by atoms with E-state index in [2.05, 4.69) is 195 Å². The first-order valence-corrected chi connectivity index (χ1v) is 21.2. The molecule has 0 radical (unpaired) electrons. The zero-order valence-corrected chi connectivity index (χ0v) is 35.0. The molecule has 0 atom stereocenters. The van der Waals surface area contributed by atoms with Crippen molar-refractivity contribution in [1.82, 2.24) is 0 Å². The van der Waals surface area contributed by atoms with Crippen LogP contribution in [0.2, 0.25) is 0 Å². The van der Waals surface area contributed by atoms with E-state index in [1.807, 2.05) is 37.3 Å². The van der Waals surface area contributed by atoms with Crippen molar-refractivity contribution in [2.75, 3.05) is 9.80 Å². The molecular weight excluding hydrogens is 757 g/mol. The zero-order chi connectivity index (χ0) is 42.1. The van der Waals surface area contributed by atoms with Gasteiger partial charge in [-0.2, -0.15) is 0 Å². The molecule has 2 aliphatic rings. The van der Waals surface area contributed by atoms with E-state index in [-0.39, 0.29) is 5.41 Å². The van der Waals surface area contributed by atoms with Crippen molar-refractivity contribution in [2.45, 2.75) is 26.2 Å². The Kier molecular flexibility index (Phi) is 8.66. The van der Waals surface area contributed by atoms with Gasteiger partial charge in [0.15, 0.2) is 5.58 Å². The van der Waals surface area contributed by atoms with Gasteiger partial charge in [-0.1, -0.05) is 142 Å². The summed E-state index contributed by atoms with van der Waals surface area (Å²) in [6.07, 6.45) is 7.86. The summed E-state index contributed by atoms with van der Waals surface area (Å²) in [6, 6.07) is 58.4. The molecule has 0 saturated heterocycles. The second-order valence-corrected chi connectivity index (χ2v) is 16.7. The summed E-state index contributed by atoms with van der Waals surface area (Å²) in [7, 11) is 0. The minimum absolute atomic E-state index is 0.127. The molecule has 0 bridgehead atoms. The van der Waals surface area contributed by atoms with Gasteiger partial charge < -0.3 is 19.0 Å². The van der Waals surface area contributed by atoms with E-state index in [0.29, 0.717) is 0 Å². The molecule has 1 aromatic heterocycles. The van der Waals surface area contributed by atoms with E-state index < -0.39 is 0 Å². The molecule has 1 aliphatic heterocycles. The average molecular weight is 801 g/mol. The van der Waals surface area contributed by atoms with Gasteiger partial charge in [-0.15, -0.1) is 0 Å². The van der Waals surface area contributed by atoms with Crippen LogP contribution in [0.3, 0.4) is 0 Å². The standard InChI is InChI=1S/C58H44N2O2/c1-6-37(3)27-28-38(7-2)59(52-24-15-21-47-44-20-12-14-25-53(44)62-57(47)52)41-30-32-45-46-33-34-51(48-22-16-26-54(56(46)48)61-55(45)36-41)60(39-17-9-8-10-18-39)40-29-31-43-42-19-11-13-23-49(42)58(4,5)50(43)35-40/h6-36H,1-2H2,3-5H3/b37-27+,38-28+. The first-order valence-electron chi connectivity index (χ1n) is 21.2. The normalized spacial score (nSPS) is 13.7. The van der Waals surface area contributed by atoms with Crippen LogP contribution >= 0.6 is 0 Å². The predicted molar refractivity (Wildman–Crippen MR) is 260 cm³/mol. The van der Waals surface area contributed by atoms with Crippen LogP contribution in [0.1, 0.15) is 31.9 Å². The maximum Gasteiger partial charge on any atom is 0.159 e. The van der Waals surface area contributed by atoms with Gasteiger partial charge in [0.05, 0.1) is 17.1 Å². The van der Waals surface area contributed by atoms with Gasteiger partial charge in [0, 0.05) is 55.7 Å². The fraction of sp³-hybridized carbons (Fsp3) is 0.0690. The third-order valence-electron chi connectivity index (χ3n) is 12.7. The Morgan fingerprint density at radius 1 is 0.532 bits per heavy atom. The molecule has 4 nitrogen and oxygen atoms in total. The SMILES string of the molecule is C=C/C(C)=C/C=C(\C=C)N(c1ccc2c(c1)Oc1cccc3c(N(c4ccccc4)c4ccc5c(c4)C(C)(C)c4ccccc4-5)ccc-2c13)c1cccc2c1oc1ccccc12. The van der Waals surface area contributed by atoms with Crippen molar-refractivity contribution < 1.29 is 9.15 Å². The van der Waals surface area contributed by atoms with Gasteiger partial charge in [0.1, 0.15) is 17.1 Å². The van der Waals surface area contributed by atoms with E-state index in [9.17, 15) is 0 Å². The second kappa shape index (κ2) is 14.4. The summed E-state index contributed by atoms with van der Waals surface area (Å²) < 4.78 is 13.6. The quantitative estimate of drug-likeness (QED) is 0.136. The number of hydrogen-bond donors (Lipinski definition) is 0. The Balaban J connectivity index is 1.06. The number of furan rings is 1. The molecule has 0 amide bonds. The van der Waals surface area contributed by atoms with E-state index in [1.54, 1.807) is 0 Å². The summed E-state index contributed by atoms with van der Waals surface area (Å²) in [4.78, 5) is 4.59. The lowest BCUT2D eigenvalue weighted by Crippen LogP contribution is -2.17.